The second-order valence-electron chi connectivity index (χ2n) is 4.01. The lowest BCUT2D eigenvalue weighted by atomic mass is 10.0. The summed E-state index contributed by atoms with van der Waals surface area (Å²) in [5.74, 6) is -0.334. The third-order valence-electron chi connectivity index (χ3n) is 3.04. The molecule has 0 radical (unpaired) electrons. The van der Waals surface area contributed by atoms with Gasteiger partial charge >= 0.3 is 6.36 Å². The molecule has 0 aliphatic heterocycles. The van der Waals surface area contributed by atoms with E-state index in [0.29, 0.717) is 30.4 Å². The van der Waals surface area contributed by atoms with Gasteiger partial charge in [-0.25, -0.2) is 0 Å². The molecule has 0 N–H and O–H groups in total. The monoisotopic (exact) mass is 220 g/mol. The van der Waals surface area contributed by atoms with Crippen LogP contribution in [0.2, 0.25) is 0 Å². The van der Waals surface area contributed by atoms with E-state index in [4.69, 9.17) is 0 Å². The molecule has 2 atom stereocenters. The summed E-state index contributed by atoms with van der Waals surface area (Å²) >= 11 is 0. The Balaban J connectivity index is 2.07. The lowest BCUT2D eigenvalue weighted by Crippen LogP contribution is -2.25. The van der Waals surface area contributed by atoms with Crippen molar-refractivity contribution in [2.45, 2.75) is 44.6 Å². The first-order valence-electron chi connectivity index (χ1n) is 4.90. The molecule has 5 heteroatoms. The lowest BCUT2D eigenvalue weighted by molar-refractivity contribution is -0.343. The minimum Gasteiger partial charge on any atom is -0.289 e. The van der Waals surface area contributed by atoms with Crippen LogP contribution >= 0.6 is 0 Å². The SMILES string of the molecule is Cc1c(C2CCCC2OC(F)(F)F)c1=O. The summed E-state index contributed by atoms with van der Waals surface area (Å²) in [6.45, 7) is 1.65. The summed E-state index contributed by atoms with van der Waals surface area (Å²) in [4.78, 5) is 11.1. The van der Waals surface area contributed by atoms with Gasteiger partial charge < -0.3 is 0 Å². The first kappa shape index (κ1) is 10.7. The molecule has 0 aromatic heterocycles. The van der Waals surface area contributed by atoms with Gasteiger partial charge in [0.1, 0.15) is 0 Å². The van der Waals surface area contributed by atoms with Crippen LogP contribution in [0.4, 0.5) is 13.2 Å². The zero-order valence-electron chi connectivity index (χ0n) is 8.23. The van der Waals surface area contributed by atoms with E-state index in [1.54, 1.807) is 6.92 Å². The maximum atomic E-state index is 12.0. The van der Waals surface area contributed by atoms with Crippen LogP contribution in [-0.2, 0) is 4.74 Å². The molecule has 1 aromatic rings. The van der Waals surface area contributed by atoms with E-state index in [9.17, 15) is 18.0 Å². The summed E-state index contributed by atoms with van der Waals surface area (Å²) in [6, 6.07) is 0. The molecule has 2 unspecified atom stereocenters. The molecular weight excluding hydrogens is 209 g/mol. The third-order valence-corrected chi connectivity index (χ3v) is 3.04. The van der Waals surface area contributed by atoms with Crippen LogP contribution in [-0.4, -0.2) is 12.5 Å². The van der Waals surface area contributed by atoms with Crippen molar-refractivity contribution in [1.82, 2.24) is 0 Å². The van der Waals surface area contributed by atoms with Crippen molar-refractivity contribution in [3.05, 3.63) is 21.4 Å². The zero-order chi connectivity index (χ0) is 11.2. The normalized spacial score (nSPS) is 27.7. The quantitative estimate of drug-likeness (QED) is 0.765. The van der Waals surface area contributed by atoms with Crippen molar-refractivity contribution in [3.63, 3.8) is 0 Å². The Hall–Kier alpha value is -0.840. The van der Waals surface area contributed by atoms with E-state index in [1.165, 1.54) is 0 Å². The topological polar surface area (TPSA) is 26.3 Å². The van der Waals surface area contributed by atoms with Crippen molar-refractivity contribution in [2.24, 2.45) is 0 Å². The van der Waals surface area contributed by atoms with E-state index in [0.717, 1.165) is 0 Å². The van der Waals surface area contributed by atoms with Gasteiger partial charge in [0.25, 0.3) is 0 Å². The van der Waals surface area contributed by atoms with Crippen LogP contribution in [0.1, 0.15) is 36.3 Å². The molecule has 1 aliphatic carbocycles. The molecule has 0 saturated heterocycles. The lowest BCUT2D eigenvalue weighted by Gasteiger charge is -2.18. The van der Waals surface area contributed by atoms with E-state index in [2.05, 4.69) is 4.74 Å². The molecule has 15 heavy (non-hydrogen) atoms. The maximum Gasteiger partial charge on any atom is 0.522 e. The molecule has 1 aliphatic rings. The zero-order valence-corrected chi connectivity index (χ0v) is 8.23. The van der Waals surface area contributed by atoms with Gasteiger partial charge in [-0.05, 0) is 19.8 Å². The highest BCUT2D eigenvalue weighted by Gasteiger charge is 2.43. The van der Waals surface area contributed by atoms with Crippen LogP contribution in [0.5, 0.6) is 0 Å². The number of ether oxygens (including phenoxy) is 1. The highest BCUT2D eigenvalue weighted by atomic mass is 19.4. The Morgan fingerprint density at radius 2 is 1.93 bits per heavy atom. The van der Waals surface area contributed by atoms with Gasteiger partial charge in [-0.3, -0.25) is 9.53 Å². The first-order valence-corrected chi connectivity index (χ1v) is 4.90. The third kappa shape index (κ3) is 2.07. The first-order chi connectivity index (χ1) is 6.90. The fourth-order valence-corrected chi connectivity index (χ4v) is 2.29. The molecule has 2 rings (SSSR count). The molecule has 1 aromatic carbocycles. The molecule has 0 bridgehead atoms. The molecule has 0 heterocycles. The largest absolute Gasteiger partial charge is 0.522 e. The van der Waals surface area contributed by atoms with Crippen molar-refractivity contribution in [2.75, 3.05) is 0 Å². The van der Waals surface area contributed by atoms with Gasteiger partial charge in [-0.15, -0.1) is 13.2 Å². The summed E-state index contributed by atoms with van der Waals surface area (Å²) < 4.78 is 40.1. The predicted molar refractivity (Wildman–Crippen MR) is 47.3 cm³/mol. The number of hydrogen-bond acceptors (Lipinski definition) is 2. The summed E-state index contributed by atoms with van der Waals surface area (Å²) in [5, 5.41) is 0. The van der Waals surface area contributed by atoms with E-state index >= 15 is 0 Å². The van der Waals surface area contributed by atoms with Crippen LogP contribution < -0.4 is 5.43 Å². The minimum atomic E-state index is -4.60. The van der Waals surface area contributed by atoms with Gasteiger partial charge in [-0.2, -0.15) is 0 Å². The second-order valence-corrected chi connectivity index (χ2v) is 4.01. The Kier molecular flexibility index (Phi) is 2.37. The summed E-state index contributed by atoms with van der Waals surface area (Å²) in [6.07, 6.45) is -3.76. The Morgan fingerprint density at radius 3 is 2.40 bits per heavy atom. The number of rotatable bonds is 2. The van der Waals surface area contributed by atoms with Crippen LogP contribution in [0.3, 0.4) is 0 Å². The van der Waals surface area contributed by atoms with E-state index in [-0.39, 0.29) is 11.3 Å². The number of hydrogen-bond donors (Lipinski definition) is 0. The van der Waals surface area contributed by atoms with Gasteiger partial charge in [0, 0.05) is 17.0 Å². The molecule has 2 nitrogen and oxygen atoms in total. The van der Waals surface area contributed by atoms with E-state index < -0.39 is 12.5 Å². The van der Waals surface area contributed by atoms with Crippen molar-refractivity contribution in [3.8, 4) is 0 Å². The second kappa shape index (κ2) is 3.33. The van der Waals surface area contributed by atoms with Crippen molar-refractivity contribution >= 4 is 0 Å². The Morgan fingerprint density at radius 1 is 1.33 bits per heavy atom. The molecular formula is C10H11F3O2. The fourth-order valence-electron chi connectivity index (χ4n) is 2.29. The standard InChI is InChI=1S/C10H11F3O2/c1-5-8(9(5)14)6-3-2-4-7(6)15-10(11,12)13/h6-7H,2-4H2,1H3. The van der Waals surface area contributed by atoms with Crippen molar-refractivity contribution in [1.29, 1.82) is 0 Å². The smallest absolute Gasteiger partial charge is 0.289 e. The average molecular weight is 220 g/mol. The predicted octanol–water partition coefficient (Wildman–Crippen LogP) is 2.40. The number of alkyl halides is 3. The molecule has 0 spiro atoms. The highest BCUT2D eigenvalue weighted by Crippen LogP contribution is 2.41. The molecule has 0 amide bonds. The molecule has 1 saturated carbocycles. The maximum absolute atomic E-state index is 12.0. The average Bonchev–Trinajstić information content (AvgIpc) is 2.54. The van der Waals surface area contributed by atoms with E-state index in [1.807, 2.05) is 0 Å². The van der Waals surface area contributed by atoms with Gasteiger partial charge in [0.15, 0.2) is 5.43 Å². The summed E-state index contributed by atoms with van der Waals surface area (Å²) in [7, 11) is 0. The van der Waals surface area contributed by atoms with Gasteiger partial charge in [-0.1, -0.05) is 6.42 Å². The van der Waals surface area contributed by atoms with Gasteiger partial charge in [0.05, 0.1) is 6.10 Å². The van der Waals surface area contributed by atoms with Crippen LogP contribution in [0.15, 0.2) is 4.79 Å². The fraction of sp³-hybridized carbons (Fsp3) is 0.700. The van der Waals surface area contributed by atoms with Gasteiger partial charge in [0.2, 0.25) is 0 Å². The number of halogens is 3. The Bertz CT molecular complexity index is 374. The molecule has 1 fully saturated rings. The summed E-state index contributed by atoms with van der Waals surface area (Å²) in [5.41, 5.74) is 1.12. The van der Waals surface area contributed by atoms with Crippen LogP contribution in [0, 0.1) is 6.92 Å². The minimum absolute atomic E-state index is 0.0716. The van der Waals surface area contributed by atoms with Crippen molar-refractivity contribution < 1.29 is 17.9 Å². The van der Waals surface area contributed by atoms with Crippen LogP contribution in [0.25, 0.3) is 0 Å². The molecule has 84 valence electrons. The highest BCUT2D eigenvalue weighted by molar-refractivity contribution is 5.42. The Labute approximate surface area is 84.7 Å².